The molecule has 1 amide bonds. The fourth-order valence-electron chi connectivity index (χ4n) is 4.44. The summed E-state index contributed by atoms with van der Waals surface area (Å²) in [6.07, 6.45) is -2.10. The first kappa shape index (κ1) is 27.2. The molecule has 8 nitrogen and oxygen atoms in total. The monoisotopic (exact) mass is 556 g/mol. The maximum atomic E-state index is 13.4. The Morgan fingerprint density at radius 3 is 2.44 bits per heavy atom. The highest BCUT2D eigenvalue weighted by Gasteiger charge is 2.23. The normalized spacial score (nSPS) is 11.0. The van der Waals surface area contributed by atoms with Gasteiger partial charge in [0.15, 0.2) is 11.9 Å². The number of methoxy groups -OCH3 is 1. The van der Waals surface area contributed by atoms with E-state index in [4.69, 9.17) is 9.15 Å². The van der Waals surface area contributed by atoms with Gasteiger partial charge in [-0.3, -0.25) is 9.59 Å². The van der Waals surface area contributed by atoms with Crippen LogP contribution in [0.15, 0.2) is 83.3 Å². The van der Waals surface area contributed by atoms with Gasteiger partial charge in [-0.15, -0.1) is 0 Å². The number of aldehydes is 1. The average Bonchev–Trinajstić information content (AvgIpc) is 3.43. The van der Waals surface area contributed by atoms with Gasteiger partial charge in [0.2, 0.25) is 5.89 Å². The molecule has 1 aromatic heterocycles. The van der Waals surface area contributed by atoms with Crippen LogP contribution in [0, 0.1) is 0 Å². The first-order chi connectivity index (χ1) is 19.7. The maximum absolute atomic E-state index is 13.4. The summed E-state index contributed by atoms with van der Waals surface area (Å²) in [5, 5.41) is 9.35. The third kappa shape index (κ3) is 5.27. The lowest BCUT2D eigenvalue weighted by Gasteiger charge is -2.21. The SMILES string of the molecule is COc1ccc(-c2nc3cc(-c4cccc(C(F)F)c4)ccc3o2)cc1N(C)C(=O)c1cc(C(=O)O)ccc1C=O. The summed E-state index contributed by atoms with van der Waals surface area (Å²) >= 11 is 0. The summed E-state index contributed by atoms with van der Waals surface area (Å²) in [7, 11) is 2.90. The van der Waals surface area contributed by atoms with Crippen molar-refractivity contribution in [3.05, 3.63) is 101 Å². The summed E-state index contributed by atoms with van der Waals surface area (Å²) in [6, 6.07) is 19.9. The van der Waals surface area contributed by atoms with E-state index in [2.05, 4.69) is 4.98 Å². The van der Waals surface area contributed by atoms with Crippen molar-refractivity contribution in [1.82, 2.24) is 4.98 Å². The Balaban J connectivity index is 1.52. The number of carboxylic acid groups (broad SMARTS) is 1. The van der Waals surface area contributed by atoms with Crippen molar-refractivity contribution in [2.45, 2.75) is 6.43 Å². The molecule has 1 heterocycles. The summed E-state index contributed by atoms with van der Waals surface area (Å²) in [5.74, 6) is -1.29. The standard InChI is InChI=1S/C31H22F2N2O6/c1-35(30(37)23-13-21(31(38)39)6-7-22(23)16-36)25-15-20(9-11-27(25)40-2)29-34-24-14-18(8-10-26(24)41-29)17-4-3-5-19(12-17)28(32)33/h3-16,28H,1-2H3,(H,38,39). The number of aromatic nitrogens is 1. The molecule has 5 rings (SSSR count). The average molecular weight is 557 g/mol. The number of carboxylic acids is 1. The predicted molar refractivity (Wildman–Crippen MR) is 148 cm³/mol. The van der Waals surface area contributed by atoms with Crippen LogP contribution < -0.4 is 9.64 Å². The molecule has 0 radical (unpaired) electrons. The lowest BCUT2D eigenvalue weighted by atomic mass is 10.0. The van der Waals surface area contributed by atoms with E-state index < -0.39 is 18.3 Å². The Morgan fingerprint density at radius 1 is 0.976 bits per heavy atom. The number of amides is 1. The van der Waals surface area contributed by atoms with Crippen LogP contribution in [0.1, 0.15) is 43.1 Å². The molecule has 5 aromatic rings. The molecule has 1 N–H and O–H groups in total. The van der Waals surface area contributed by atoms with E-state index in [0.717, 1.165) is 6.07 Å². The summed E-state index contributed by atoms with van der Waals surface area (Å²) in [4.78, 5) is 42.3. The lowest BCUT2D eigenvalue weighted by Crippen LogP contribution is -2.28. The molecule has 0 saturated heterocycles. The van der Waals surface area contributed by atoms with Crippen molar-refractivity contribution in [1.29, 1.82) is 0 Å². The molecule has 10 heteroatoms. The molecular weight excluding hydrogens is 534 g/mol. The van der Waals surface area contributed by atoms with E-state index >= 15 is 0 Å². The number of benzene rings is 4. The Bertz CT molecular complexity index is 1810. The number of carbonyl (C=O) groups is 3. The topological polar surface area (TPSA) is 110 Å². The second-order valence-corrected chi connectivity index (χ2v) is 9.10. The van der Waals surface area contributed by atoms with Gasteiger partial charge in [0.25, 0.3) is 12.3 Å². The van der Waals surface area contributed by atoms with E-state index in [9.17, 15) is 28.3 Å². The van der Waals surface area contributed by atoms with E-state index in [0.29, 0.717) is 45.5 Å². The van der Waals surface area contributed by atoms with Crippen LogP contribution in [0.3, 0.4) is 0 Å². The van der Waals surface area contributed by atoms with Crippen molar-refractivity contribution in [3.8, 4) is 28.3 Å². The van der Waals surface area contributed by atoms with E-state index in [1.165, 1.54) is 43.3 Å². The molecule has 0 aliphatic rings. The third-order valence-electron chi connectivity index (χ3n) is 6.61. The Kier molecular flexibility index (Phi) is 7.30. The highest BCUT2D eigenvalue weighted by atomic mass is 19.3. The number of hydrogen-bond acceptors (Lipinski definition) is 6. The minimum Gasteiger partial charge on any atom is -0.495 e. The minimum atomic E-state index is -2.59. The quantitative estimate of drug-likeness (QED) is 0.207. The van der Waals surface area contributed by atoms with E-state index in [1.54, 1.807) is 48.5 Å². The molecule has 4 aromatic carbocycles. The molecule has 206 valence electrons. The maximum Gasteiger partial charge on any atom is 0.335 e. The van der Waals surface area contributed by atoms with Gasteiger partial charge in [0.1, 0.15) is 11.3 Å². The number of rotatable bonds is 8. The first-order valence-electron chi connectivity index (χ1n) is 12.3. The molecule has 0 atom stereocenters. The van der Waals surface area contributed by atoms with Gasteiger partial charge in [0.05, 0.1) is 23.9 Å². The Hall–Kier alpha value is -5.38. The molecule has 0 aliphatic carbocycles. The van der Waals surface area contributed by atoms with Crippen LogP contribution in [0.4, 0.5) is 14.5 Å². The van der Waals surface area contributed by atoms with Gasteiger partial charge in [-0.2, -0.15) is 0 Å². The lowest BCUT2D eigenvalue weighted by molar-refractivity contribution is 0.0696. The van der Waals surface area contributed by atoms with Gasteiger partial charge in [0, 0.05) is 23.7 Å². The second-order valence-electron chi connectivity index (χ2n) is 9.10. The zero-order chi connectivity index (χ0) is 29.3. The Morgan fingerprint density at radius 2 is 1.73 bits per heavy atom. The summed E-state index contributed by atoms with van der Waals surface area (Å²) in [6.45, 7) is 0. The zero-order valence-corrected chi connectivity index (χ0v) is 21.8. The molecule has 0 unspecified atom stereocenters. The molecule has 0 bridgehead atoms. The van der Waals surface area contributed by atoms with Gasteiger partial charge < -0.3 is 19.2 Å². The van der Waals surface area contributed by atoms with Crippen LogP contribution in [0.5, 0.6) is 5.75 Å². The van der Waals surface area contributed by atoms with Crippen LogP contribution >= 0.6 is 0 Å². The number of anilines is 1. The molecule has 41 heavy (non-hydrogen) atoms. The molecule has 0 aliphatic heterocycles. The number of carbonyl (C=O) groups excluding carboxylic acids is 2. The number of fused-ring (bicyclic) bond motifs is 1. The first-order valence-corrected chi connectivity index (χ1v) is 12.3. The Labute approximate surface area is 232 Å². The molecule has 0 spiro atoms. The number of halogens is 2. The van der Waals surface area contributed by atoms with Crippen molar-refractivity contribution in [2.75, 3.05) is 19.1 Å². The van der Waals surface area contributed by atoms with Crippen LogP contribution in [0.2, 0.25) is 0 Å². The largest absolute Gasteiger partial charge is 0.495 e. The van der Waals surface area contributed by atoms with Crippen molar-refractivity contribution in [2.24, 2.45) is 0 Å². The minimum absolute atomic E-state index is 0.0378. The summed E-state index contributed by atoms with van der Waals surface area (Å²) in [5.41, 5.74) is 2.84. The number of oxazole rings is 1. The van der Waals surface area contributed by atoms with Crippen LogP contribution in [0.25, 0.3) is 33.7 Å². The number of ether oxygens (including phenoxy) is 1. The molecular formula is C31H22F2N2O6. The predicted octanol–water partition coefficient (Wildman–Crippen LogP) is 6.90. The summed E-state index contributed by atoms with van der Waals surface area (Å²) < 4.78 is 37.8. The van der Waals surface area contributed by atoms with Crippen molar-refractivity contribution < 1.29 is 37.4 Å². The fourth-order valence-corrected chi connectivity index (χ4v) is 4.44. The second kappa shape index (κ2) is 11.0. The van der Waals surface area contributed by atoms with E-state index in [-0.39, 0.29) is 28.1 Å². The zero-order valence-electron chi connectivity index (χ0n) is 21.8. The number of aromatic carboxylic acids is 1. The van der Waals surface area contributed by atoms with Gasteiger partial charge in [-0.1, -0.05) is 30.3 Å². The van der Waals surface area contributed by atoms with E-state index in [1.807, 2.05) is 0 Å². The van der Waals surface area contributed by atoms with Gasteiger partial charge in [-0.25, -0.2) is 18.6 Å². The molecule has 0 saturated carbocycles. The van der Waals surface area contributed by atoms with Crippen LogP contribution in [-0.4, -0.2) is 42.4 Å². The highest BCUT2D eigenvalue weighted by molar-refractivity contribution is 6.11. The number of hydrogen-bond donors (Lipinski definition) is 1. The van der Waals surface area contributed by atoms with Gasteiger partial charge >= 0.3 is 5.97 Å². The molecule has 0 fully saturated rings. The smallest absolute Gasteiger partial charge is 0.335 e. The number of nitrogens with zero attached hydrogens (tertiary/aromatic N) is 2. The van der Waals surface area contributed by atoms with Crippen LogP contribution in [-0.2, 0) is 0 Å². The number of alkyl halides is 2. The van der Waals surface area contributed by atoms with Crippen molar-refractivity contribution >= 4 is 34.9 Å². The fraction of sp³-hybridized carbons (Fsp3) is 0.0968. The van der Waals surface area contributed by atoms with Gasteiger partial charge in [-0.05, 0) is 59.7 Å². The highest BCUT2D eigenvalue weighted by Crippen LogP contribution is 2.36. The third-order valence-corrected chi connectivity index (χ3v) is 6.61. The van der Waals surface area contributed by atoms with Crippen molar-refractivity contribution in [3.63, 3.8) is 0 Å².